The maximum Gasteiger partial charge on any atom is 0.119 e. The lowest BCUT2D eigenvalue weighted by molar-refractivity contribution is 0.180. The first-order valence-electron chi connectivity index (χ1n) is 5.54. The lowest BCUT2D eigenvalue weighted by Gasteiger charge is -2.20. The molecule has 88 valence electrons. The molecule has 2 rings (SSSR count). The van der Waals surface area contributed by atoms with Gasteiger partial charge in [-0.1, -0.05) is 0 Å². The van der Waals surface area contributed by atoms with Gasteiger partial charge in [0.2, 0.25) is 0 Å². The van der Waals surface area contributed by atoms with E-state index in [1.54, 1.807) is 24.2 Å². The molecule has 16 heavy (non-hydrogen) atoms. The van der Waals surface area contributed by atoms with E-state index in [1.807, 2.05) is 6.26 Å². The van der Waals surface area contributed by atoms with Gasteiger partial charge in [-0.05, 0) is 19.1 Å². The first kappa shape index (κ1) is 11.8. The molecular weight excluding hydrogens is 222 g/mol. The third-order valence-electron chi connectivity index (χ3n) is 2.73. The first-order chi connectivity index (χ1) is 7.85. The van der Waals surface area contributed by atoms with Crippen molar-refractivity contribution in [3.05, 3.63) is 18.1 Å². The quantitative estimate of drug-likeness (QED) is 0.755. The molecule has 0 bridgehead atoms. The molecule has 5 heteroatoms. The number of hydrogen-bond acceptors (Lipinski definition) is 5. The summed E-state index contributed by atoms with van der Waals surface area (Å²) in [5.74, 6) is 0. The fourth-order valence-electron chi connectivity index (χ4n) is 1.78. The number of thioether (sulfide) groups is 1. The van der Waals surface area contributed by atoms with Crippen molar-refractivity contribution in [2.75, 3.05) is 19.4 Å². The number of aromatic nitrogens is 2. The van der Waals surface area contributed by atoms with Crippen LogP contribution in [-0.2, 0) is 6.54 Å². The molecule has 1 aromatic heterocycles. The van der Waals surface area contributed by atoms with Gasteiger partial charge in [-0.3, -0.25) is 9.88 Å². The minimum absolute atomic E-state index is 0.214. The molecule has 0 unspecified atom stereocenters. The third kappa shape index (κ3) is 2.93. The second kappa shape index (κ2) is 5.61. The molecule has 1 aliphatic rings. The predicted octanol–water partition coefficient (Wildman–Crippen LogP) is 1.16. The van der Waals surface area contributed by atoms with Gasteiger partial charge in [0.25, 0.3) is 0 Å². The van der Waals surface area contributed by atoms with Crippen LogP contribution in [-0.4, -0.2) is 45.4 Å². The van der Waals surface area contributed by atoms with E-state index < -0.39 is 0 Å². The van der Waals surface area contributed by atoms with Gasteiger partial charge in [0.1, 0.15) is 5.03 Å². The summed E-state index contributed by atoms with van der Waals surface area (Å²) in [5.41, 5.74) is 1.02. The van der Waals surface area contributed by atoms with E-state index in [0.29, 0.717) is 6.04 Å². The maximum atomic E-state index is 9.03. The van der Waals surface area contributed by atoms with Crippen LogP contribution in [0, 0.1) is 0 Å². The number of nitrogens with zero attached hydrogens (tertiary/aromatic N) is 3. The molecule has 0 spiro atoms. The molecule has 1 aromatic rings. The summed E-state index contributed by atoms with van der Waals surface area (Å²) in [6.07, 6.45) is 7.96. The van der Waals surface area contributed by atoms with E-state index in [2.05, 4.69) is 14.9 Å². The average molecular weight is 239 g/mol. The summed E-state index contributed by atoms with van der Waals surface area (Å²) >= 11 is 1.62. The maximum absolute atomic E-state index is 9.03. The Morgan fingerprint density at radius 1 is 1.44 bits per heavy atom. The van der Waals surface area contributed by atoms with Crippen molar-refractivity contribution in [3.63, 3.8) is 0 Å². The Morgan fingerprint density at radius 3 is 2.81 bits per heavy atom. The highest BCUT2D eigenvalue weighted by Gasteiger charge is 2.29. The highest BCUT2D eigenvalue weighted by Crippen LogP contribution is 2.28. The molecule has 1 heterocycles. The molecule has 1 N–H and O–H groups in total. The number of hydrogen-bond donors (Lipinski definition) is 1. The topological polar surface area (TPSA) is 49.2 Å². The van der Waals surface area contributed by atoms with E-state index in [0.717, 1.165) is 23.8 Å². The Bertz CT molecular complexity index is 344. The molecule has 0 atom stereocenters. The summed E-state index contributed by atoms with van der Waals surface area (Å²) in [7, 11) is 0. The summed E-state index contributed by atoms with van der Waals surface area (Å²) < 4.78 is 0. The number of rotatable bonds is 6. The van der Waals surface area contributed by atoms with Crippen LogP contribution in [0.15, 0.2) is 17.4 Å². The van der Waals surface area contributed by atoms with Gasteiger partial charge in [0.15, 0.2) is 0 Å². The fraction of sp³-hybridized carbons (Fsp3) is 0.636. The monoisotopic (exact) mass is 239 g/mol. The Balaban J connectivity index is 2.05. The molecule has 0 saturated heterocycles. The van der Waals surface area contributed by atoms with Crippen LogP contribution in [0.1, 0.15) is 18.5 Å². The van der Waals surface area contributed by atoms with Crippen molar-refractivity contribution >= 4 is 11.8 Å². The zero-order chi connectivity index (χ0) is 11.4. The van der Waals surface area contributed by atoms with Crippen molar-refractivity contribution in [2.24, 2.45) is 0 Å². The van der Waals surface area contributed by atoms with E-state index >= 15 is 0 Å². The summed E-state index contributed by atoms with van der Waals surface area (Å²) in [6, 6.07) is 0.642. The lowest BCUT2D eigenvalue weighted by atomic mass is 10.3. The van der Waals surface area contributed by atoms with Gasteiger partial charge in [-0.15, -0.1) is 11.8 Å². The largest absolute Gasteiger partial charge is 0.395 e. The highest BCUT2D eigenvalue weighted by molar-refractivity contribution is 7.98. The number of aliphatic hydroxyl groups is 1. The second-order valence-electron chi connectivity index (χ2n) is 3.94. The van der Waals surface area contributed by atoms with Crippen LogP contribution in [0.4, 0.5) is 0 Å². The molecule has 0 radical (unpaired) electrons. The molecule has 0 aromatic carbocycles. The number of aliphatic hydroxyl groups excluding tert-OH is 1. The smallest absolute Gasteiger partial charge is 0.119 e. The van der Waals surface area contributed by atoms with Crippen molar-refractivity contribution < 1.29 is 5.11 Å². The summed E-state index contributed by atoms with van der Waals surface area (Å²) in [5, 5.41) is 10.0. The van der Waals surface area contributed by atoms with Crippen LogP contribution in [0.3, 0.4) is 0 Å². The molecule has 1 fully saturated rings. The molecule has 1 saturated carbocycles. The normalized spacial score (nSPS) is 15.7. The minimum Gasteiger partial charge on any atom is -0.395 e. The minimum atomic E-state index is 0.214. The van der Waals surface area contributed by atoms with Gasteiger partial charge in [-0.25, -0.2) is 4.98 Å². The van der Waals surface area contributed by atoms with Gasteiger partial charge in [-0.2, -0.15) is 0 Å². The Hall–Kier alpha value is -0.650. The van der Waals surface area contributed by atoms with Gasteiger partial charge in [0.05, 0.1) is 12.3 Å². The van der Waals surface area contributed by atoms with Crippen molar-refractivity contribution in [1.29, 1.82) is 0 Å². The van der Waals surface area contributed by atoms with Gasteiger partial charge in [0, 0.05) is 31.5 Å². The molecule has 0 aliphatic heterocycles. The summed E-state index contributed by atoms with van der Waals surface area (Å²) in [6.45, 7) is 1.75. The van der Waals surface area contributed by atoms with E-state index in [4.69, 9.17) is 5.11 Å². The second-order valence-corrected chi connectivity index (χ2v) is 4.73. The van der Waals surface area contributed by atoms with Gasteiger partial charge < -0.3 is 5.11 Å². The third-order valence-corrected chi connectivity index (χ3v) is 3.46. The van der Waals surface area contributed by atoms with Crippen molar-refractivity contribution in [3.8, 4) is 0 Å². The lowest BCUT2D eigenvalue weighted by Crippen LogP contribution is -2.29. The van der Waals surface area contributed by atoms with Crippen molar-refractivity contribution in [1.82, 2.24) is 14.9 Å². The predicted molar refractivity (Wildman–Crippen MR) is 64.3 cm³/mol. The zero-order valence-electron chi connectivity index (χ0n) is 9.46. The van der Waals surface area contributed by atoms with E-state index in [-0.39, 0.29) is 6.61 Å². The van der Waals surface area contributed by atoms with Crippen LogP contribution in [0.5, 0.6) is 0 Å². The highest BCUT2D eigenvalue weighted by atomic mass is 32.2. The van der Waals surface area contributed by atoms with Crippen molar-refractivity contribution in [2.45, 2.75) is 30.5 Å². The van der Waals surface area contributed by atoms with E-state index in [1.165, 1.54) is 12.8 Å². The molecule has 0 amide bonds. The average Bonchev–Trinajstić information content (AvgIpc) is 3.13. The van der Waals surface area contributed by atoms with Crippen LogP contribution < -0.4 is 0 Å². The van der Waals surface area contributed by atoms with E-state index in [9.17, 15) is 0 Å². The SMILES string of the molecule is CSc1nccnc1CN(CCO)C1CC1. The Kier molecular flexibility index (Phi) is 4.15. The Labute approximate surface area is 100 Å². The molecular formula is C11H17N3OS. The molecule has 4 nitrogen and oxygen atoms in total. The van der Waals surface area contributed by atoms with Gasteiger partial charge >= 0.3 is 0 Å². The standard InChI is InChI=1S/C11H17N3OS/c1-16-11-10(12-4-5-13-11)8-14(6-7-15)9-2-3-9/h4-5,9,15H,2-3,6-8H2,1H3. The summed E-state index contributed by atoms with van der Waals surface area (Å²) in [4.78, 5) is 11.0. The van der Waals surface area contributed by atoms with Crippen LogP contribution >= 0.6 is 11.8 Å². The first-order valence-corrected chi connectivity index (χ1v) is 6.76. The zero-order valence-corrected chi connectivity index (χ0v) is 10.3. The Morgan fingerprint density at radius 2 is 2.19 bits per heavy atom. The fourth-order valence-corrected chi connectivity index (χ4v) is 2.30. The van der Waals surface area contributed by atoms with Crippen LogP contribution in [0.2, 0.25) is 0 Å². The van der Waals surface area contributed by atoms with Crippen LogP contribution in [0.25, 0.3) is 0 Å². The molecule has 1 aliphatic carbocycles.